The number of benzene rings is 1. The first-order valence-electron chi connectivity index (χ1n) is 9.47. The molecule has 2 N–H and O–H groups in total. The third-order valence-corrected chi connectivity index (χ3v) is 5.30. The van der Waals surface area contributed by atoms with Crippen LogP contribution in [0.25, 0.3) is 0 Å². The van der Waals surface area contributed by atoms with Crippen LogP contribution in [0.3, 0.4) is 0 Å². The molecule has 6 nitrogen and oxygen atoms in total. The molecular weight excluding hydrogens is 330 g/mol. The van der Waals surface area contributed by atoms with Gasteiger partial charge in [-0.3, -0.25) is 14.5 Å². The van der Waals surface area contributed by atoms with Crippen LogP contribution in [-0.4, -0.2) is 34.8 Å². The van der Waals surface area contributed by atoms with Gasteiger partial charge in [0.15, 0.2) is 0 Å². The van der Waals surface area contributed by atoms with E-state index in [-0.39, 0.29) is 24.3 Å². The van der Waals surface area contributed by atoms with Crippen LogP contribution in [0, 0.1) is 5.92 Å². The Labute approximate surface area is 154 Å². The highest BCUT2D eigenvalue weighted by Crippen LogP contribution is 2.42. The van der Waals surface area contributed by atoms with Gasteiger partial charge >= 0.3 is 6.03 Å². The Morgan fingerprint density at radius 3 is 2.54 bits per heavy atom. The molecule has 0 radical (unpaired) electrons. The molecule has 1 heterocycles. The minimum absolute atomic E-state index is 0.187. The number of anilines is 1. The second-order valence-electron chi connectivity index (χ2n) is 7.50. The fraction of sp³-hybridized carbons (Fsp3) is 0.550. The number of urea groups is 1. The number of nitrogens with one attached hydrogen (secondary N) is 2. The lowest BCUT2D eigenvalue weighted by Gasteiger charge is -2.20. The number of rotatable bonds is 8. The first-order valence-corrected chi connectivity index (χ1v) is 9.47. The quantitative estimate of drug-likeness (QED) is 0.554. The van der Waals surface area contributed by atoms with Gasteiger partial charge in [-0.15, -0.1) is 0 Å². The van der Waals surface area contributed by atoms with Gasteiger partial charge in [-0.25, -0.2) is 4.79 Å². The monoisotopic (exact) mass is 357 g/mol. The Hall–Kier alpha value is -2.37. The highest BCUT2D eigenvalue weighted by atomic mass is 16.2. The average molecular weight is 357 g/mol. The van der Waals surface area contributed by atoms with Crippen molar-refractivity contribution in [1.29, 1.82) is 0 Å². The smallest absolute Gasteiger partial charge is 0.325 e. The normalized spacial score (nSPS) is 22.5. The maximum absolute atomic E-state index is 12.5. The van der Waals surface area contributed by atoms with Crippen molar-refractivity contribution in [2.24, 2.45) is 5.92 Å². The summed E-state index contributed by atoms with van der Waals surface area (Å²) in [6, 6.07) is 7.25. The van der Waals surface area contributed by atoms with E-state index >= 15 is 0 Å². The van der Waals surface area contributed by atoms with Gasteiger partial charge in [-0.2, -0.15) is 0 Å². The summed E-state index contributed by atoms with van der Waals surface area (Å²) in [6.07, 6.45) is 6.47. The number of hydrogen-bond donors (Lipinski definition) is 2. The molecule has 4 amide bonds. The largest absolute Gasteiger partial charge is 0.325 e. The molecule has 0 bridgehead atoms. The van der Waals surface area contributed by atoms with Gasteiger partial charge in [0.25, 0.3) is 5.91 Å². The van der Waals surface area contributed by atoms with E-state index in [1.54, 1.807) is 6.92 Å². The lowest BCUT2D eigenvalue weighted by Crippen LogP contribution is -2.46. The fourth-order valence-electron chi connectivity index (χ4n) is 3.47. The van der Waals surface area contributed by atoms with Crippen LogP contribution in [0.4, 0.5) is 10.5 Å². The Kier molecular flexibility index (Phi) is 5.30. The molecule has 6 heteroatoms. The Morgan fingerprint density at radius 1 is 1.23 bits per heavy atom. The van der Waals surface area contributed by atoms with Gasteiger partial charge in [0.1, 0.15) is 12.1 Å². The predicted molar refractivity (Wildman–Crippen MR) is 99.7 cm³/mol. The molecule has 1 aromatic rings. The maximum Gasteiger partial charge on any atom is 0.325 e. The molecule has 1 saturated heterocycles. The second kappa shape index (κ2) is 7.48. The van der Waals surface area contributed by atoms with E-state index in [2.05, 4.69) is 17.6 Å². The van der Waals surface area contributed by atoms with Crippen LogP contribution < -0.4 is 10.6 Å². The number of unbranched alkanes of at least 4 members (excludes halogenated alkanes) is 2. The zero-order valence-electron chi connectivity index (χ0n) is 15.5. The van der Waals surface area contributed by atoms with Crippen LogP contribution in [0.5, 0.6) is 0 Å². The first-order chi connectivity index (χ1) is 12.4. The number of nitrogens with zero attached hydrogens (tertiary/aromatic N) is 1. The third kappa shape index (κ3) is 3.89. The lowest BCUT2D eigenvalue weighted by atomic mass is 9.96. The van der Waals surface area contributed by atoms with E-state index in [0.29, 0.717) is 5.69 Å². The SMILES string of the molecule is CCCCCc1ccc(NC(=O)CN2C(=O)NC(C)(C3CC3)C2=O)cc1. The van der Waals surface area contributed by atoms with Crippen molar-refractivity contribution in [1.82, 2.24) is 10.2 Å². The van der Waals surface area contributed by atoms with Crippen molar-refractivity contribution in [3.8, 4) is 0 Å². The van der Waals surface area contributed by atoms with E-state index < -0.39 is 11.6 Å². The van der Waals surface area contributed by atoms with Crippen molar-refractivity contribution in [2.45, 2.75) is 57.9 Å². The fourth-order valence-corrected chi connectivity index (χ4v) is 3.47. The number of hydrogen-bond acceptors (Lipinski definition) is 3. The number of carbonyl (C=O) groups excluding carboxylic acids is 3. The van der Waals surface area contributed by atoms with E-state index in [4.69, 9.17) is 0 Å². The van der Waals surface area contributed by atoms with Crippen molar-refractivity contribution in [2.75, 3.05) is 11.9 Å². The van der Waals surface area contributed by atoms with Gasteiger partial charge in [0.05, 0.1) is 0 Å². The van der Waals surface area contributed by atoms with Gasteiger partial charge in [-0.05, 0) is 56.2 Å². The summed E-state index contributed by atoms with van der Waals surface area (Å²) in [7, 11) is 0. The van der Waals surface area contributed by atoms with Crippen LogP contribution >= 0.6 is 0 Å². The van der Waals surface area contributed by atoms with Crippen LogP contribution in [0.2, 0.25) is 0 Å². The molecule has 3 rings (SSSR count). The minimum atomic E-state index is -0.850. The molecule has 1 atom stereocenters. The molecule has 0 spiro atoms. The summed E-state index contributed by atoms with van der Waals surface area (Å²) in [5.41, 5.74) is 1.06. The molecule has 2 fully saturated rings. The number of amides is 4. The number of imide groups is 1. The minimum Gasteiger partial charge on any atom is -0.325 e. The van der Waals surface area contributed by atoms with Crippen LogP contribution in [0.15, 0.2) is 24.3 Å². The van der Waals surface area contributed by atoms with E-state index in [1.807, 2.05) is 24.3 Å². The lowest BCUT2D eigenvalue weighted by molar-refractivity contribution is -0.134. The maximum atomic E-state index is 12.5. The highest BCUT2D eigenvalue weighted by molar-refractivity contribution is 6.10. The summed E-state index contributed by atoms with van der Waals surface area (Å²) in [5.74, 6) is -0.481. The molecule has 2 aliphatic rings. The molecule has 140 valence electrons. The highest BCUT2D eigenvalue weighted by Gasteiger charge is 2.56. The van der Waals surface area contributed by atoms with Crippen molar-refractivity contribution >= 4 is 23.5 Å². The van der Waals surface area contributed by atoms with Gasteiger partial charge < -0.3 is 10.6 Å². The number of carbonyl (C=O) groups is 3. The molecule has 1 aromatic carbocycles. The van der Waals surface area contributed by atoms with Crippen molar-refractivity contribution < 1.29 is 14.4 Å². The van der Waals surface area contributed by atoms with Crippen molar-refractivity contribution in [3.05, 3.63) is 29.8 Å². The molecule has 1 aliphatic carbocycles. The standard InChI is InChI=1S/C20H27N3O3/c1-3-4-5-6-14-7-11-16(12-8-14)21-17(24)13-23-18(25)20(2,15-9-10-15)22-19(23)26/h7-8,11-12,15H,3-6,9-10,13H2,1-2H3,(H,21,24)(H,22,26). The van der Waals surface area contributed by atoms with E-state index in [9.17, 15) is 14.4 Å². The summed E-state index contributed by atoms with van der Waals surface area (Å²) in [5, 5.41) is 5.51. The first kappa shape index (κ1) is 18.4. The van der Waals surface area contributed by atoms with Gasteiger partial charge in [0, 0.05) is 5.69 Å². The summed E-state index contributed by atoms with van der Waals surface area (Å²) < 4.78 is 0. The molecule has 1 unspecified atom stereocenters. The zero-order valence-corrected chi connectivity index (χ0v) is 15.5. The predicted octanol–water partition coefficient (Wildman–Crippen LogP) is 3.08. The van der Waals surface area contributed by atoms with Crippen molar-refractivity contribution in [3.63, 3.8) is 0 Å². The van der Waals surface area contributed by atoms with Crippen LogP contribution in [0.1, 0.15) is 51.5 Å². The molecular formula is C20H27N3O3. The molecule has 1 saturated carbocycles. The summed E-state index contributed by atoms with van der Waals surface area (Å²) in [4.78, 5) is 37.9. The Morgan fingerprint density at radius 2 is 1.92 bits per heavy atom. The zero-order chi connectivity index (χ0) is 18.7. The molecule has 26 heavy (non-hydrogen) atoms. The van der Waals surface area contributed by atoms with Crippen LogP contribution in [-0.2, 0) is 16.0 Å². The summed E-state index contributed by atoms with van der Waals surface area (Å²) in [6.45, 7) is 3.67. The van der Waals surface area contributed by atoms with E-state index in [1.165, 1.54) is 18.4 Å². The number of aryl methyl sites for hydroxylation is 1. The Bertz CT molecular complexity index is 697. The average Bonchev–Trinajstić information content (AvgIpc) is 3.43. The van der Waals surface area contributed by atoms with Gasteiger partial charge in [-0.1, -0.05) is 31.9 Å². The topological polar surface area (TPSA) is 78.5 Å². The van der Waals surface area contributed by atoms with E-state index in [0.717, 1.165) is 30.6 Å². The van der Waals surface area contributed by atoms with Gasteiger partial charge in [0.2, 0.25) is 5.91 Å². The summed E-state index contributed by atoms with van der Waals surface area (Å²) >= 11 is 0. The molecule has 0 aromatic heterocycles. The Balaban J connectivity index is 1.54. The molecule has 1 aliphatic heterocycles. The second-order valence-corrected chi connectivity index (χ2v) is 7.50. The third-order valence-electron chi connectivity index (χ3n) is 5.30.